The summed E-state index contributed by atoms with van der Waals surface area (Å²) in [7, 11) is 0. The predicted molar refractivity (Wildman–Crippen MR) is 114 cm³/mol. The number of anilines is 1. The van der Waals surface area contributed by atoms with E-state index in [9.17, 15) is 14.4 Å². The van der Waals surface area contributed by atoms with Gasteiger partial charge in [-0.2, -0.15) is 0 Å². The maximum absolute atomic E-state index is 12.8. The molecule has 0 aliphatic carbocycles. The van der Waals surface area contributed by atoms with E-state index in [1.165, 1.54) is 11.3 Å². The zero-order valence-corrected chi connectivity index (χ0v) is 17.5. The van der Waals surface area contributed by atoms with Crippen LogP contribution in [0.4, 0.5) is 5.69 Å². The van der Waals surface area contributed by atoms with E-state index in [0.717, 1.165) is 12.8 Å². The van der Waals surface area contributed by atoms with Gasteiger partial charge in [-0.05, 0) is 50.1 Å². The highest BCUT2D eigenvalue weighted by atomic mass is 32.1. The van der Waals surface area contributed by atoms with Crippen molar-refractivity contribution in [3.63, 3.8) is 0 Å². The molecule has 7 nitrogen and oxygen atoms in total. The van der Waals surface area contributed by atoms with Gasteiger partial charge >= 0.3 is 5.97 Å². The van der Waals surface area contributed by atoms with Crippen molar-refractivity contribution in [2.24, 2.45) is 0 Å². The number of fused-ring (bicyclic) bond motifs is 1. The highest BCUT2D eigenvalue weighted by molar-refractivity contribution is 7.20. The quantitative estimate of drug-likeness (QED) is 0.592. The number of carbonyl (C=O) groups excluding carboxylic acids is 2. The molecule has 0 unspecified atom stereocenters. The normalized spacial score (nSPS) is 10.9. The van der Waals surface area contributed by atoms with E-state index < -0.39 is 5.97 Å². The number of benzene rings is 1. The molecule has 8 heteroatoms. The summed E-state index contributed by atoms with van der Waals surface area (Å²) in [5, 5.41) is 3.31. The van der Waals surface area contributed by atoms with Crippen molar-refractivity contribution in [3.05, 3.63) is 57.0 Å². The molecule has 0 saturated carbocycles. The lowest BCUT2D eigenvalue weighted by Crippen LogP contribution is -2.20. The van der Waals surface area contributed by atoms with Crippen molar-refractivity contribution in [2.45, 2.75) is 40.2 Å². The third-order valence-electron chi connectivity index (χ3n) is 4.53. The van der Waals surface area contributed by atoms with Crippen LogP contribution >= 0.6 is 11.3 Å². The number of rotatable bonds is 7. The van der Waals surface area contributed by atoms with Gasteiger partial charge in [0.1, 0.15) is 4.83 Å². The standard InChI is InChI=1S/C21H23N3O4S/c1-4-6-11-24-12-22-19-16(20(24)26)13(3)17(29-19)18(25)23-15-9-7-14(8-10-15)21(27)28-5-2/h7-10,12H,4-6,11H2,1-3H3,(H,23,25). The summed E-state index contributed by atoms with van der Waals surface area (Å²) in [5.74, 6) is -0.718. The first-order chi connectivity index (χ1) is 14.0. The van der Waals surface area contributed by atoms with Crippen LogP contribution in [-0.4, -0.2) is 28.0 Å². The molecule has 0 aliphatic heterocycles. The molecular formula is C21H23N3O4S. The van der Waals surface area contributed by atoms with Gasteiger partial charge in [0.25, 0.3) is 11.5 Å². The number of ether oxygens (including phenoxy) is 1. The number of aryl methyl sites for hydroxylation is 2. The summed E-state index contributed by atoms with van der Waals surface area (Å²) in [4.78, 5) is 42.6. The monoisotopic (exact) mass is 413 g/mol. The Kier molecular flexibility index (Phi) is 6.43. The van der Waals surface area contributed by atoms with E-state index in [1.807, 2.05) is 0 Å². The largest absolute Gasteiger partial charge is 0.462 e. The van der Waals surface area contributed by atoms with Crippen LogP contribution in [0.15, 0.2) is 35.4 Å². The molecule has 1 amide bonds. The van der Waals surface area contributed by atoms with E-state index in [2.05, 4.69) is 17.2 Å². The Hall–Kier alpha value is -3.00. The summed E-state index contributed by atoms with van der Waals surface area (Å²) in [5.41, 5.74) is 1.48. The van der Waals surface area contributed by atoms with Gasteiger partial charge in [0.15, 0.2) is 0 Å². The SMILES string of the molecule is CCCCn1cnc2sc(C(=O)Nc3ccc(C(=O)OCC)cc3)c(C)c2c1=O. The van der Waals surface area contributed by atoms with Crippen LogP contribution in [0.1, 0.15) is 52.3 Å². The number of thiophene rings is 1. The van der Waals surface area contributed by atoms with Crippen LogP contribution in [-0.2, 0) is 11.3 Å². The van der Waals surface area contributed by atoms with Gasteiger partial charge in [-0.1, -0.05) is 13.3 Å². The van der Waals surface area contributed by atoms with Crippen LogP contribution in [0.2, 0.25) is 0 Å². The minimum Gasteiger partial charge on any atom is -0.462 e. The van der Waals surface area contributed by atoms with Crippen LogP contribution in [0, 0.1) is 6.92 Å². The van der Waals surface area contributed by atoms with Gasteiger partial charge < -0.3 is 10.1 Å². The smallest absolute Gasteiger partial charge is 0.338 e. The molecule has 2 aromatic heterocycles. The molecule has 152 valence electrons. The van der Waals surface area contributed by atoms with Gasteiger partial charge in [-0.15, -0.1) is 11.3 Å². The summed E-state index contributed by atoms with van der Waals surface area (Å²) in [6.45, 7) is 6.49. The Bertz CT molecular complexity index is 1100. The summed E-state index contributed by atoms with van der Waals surface area (Å²) < 4.78 is 6.55. The molecule has 29 heavy (non-hydrogen) atoms. The predicted octanol–water partition coefficient (Wildman–Crippen LogP) is 4.00. The number of hydrogen-bond donors (Lipinski definition) is 1. The molecule has 3 aromatic rings. The van der Waals surface area contributed by atoms with E-state index in [0.29, 0.717) is 45.1 Å². The topological polar surface area (TPSA) is 90.3 Å². The third kappa shape index (κ3) is 4.37. The fraction of sp³-hybridized carbons (Fsp3) is 0.333. The second kappa shape index (κ2) is 9.00. The lowest BCUT2D eigenvalue weighted by atomic mass is 10.2. The highest BCUT2D eigenvalue weighted by Crippen LogP contribution is 2.27. The van der Waals surface area contributed by atoms with Crippen molar-refractivity contribution in [3.8, 4) is 0 Å². The highest BCUT2D eigenvalue weighted by Gasteiger charge is 2.19. The number of nitrogens with zero attached hydrogens (tertiary/aromatic N) is 2. The number of nitrogens with one attached hydrogen (secondary N) is 1. The molecule has 0 bridgehead atoms. The Balaban J connectivity index is 1.84. The molecule has 2 heterocycles. The number of aromatic nitrogens is 2. The first-order valence-electron chi connectivity index (χ1n) is 9.53. The van der Waals surface area contributed by atoms with Crippen molar-refractivity contribution in [1.29, 1.82) is 0 Å². The zero-order chi connectivity index (χ0) is 21.0. The third-order valence-corrected chi connectivity index (χ3v) is 5.73. The Labute approximate surface area is 172 Å². The Morgan fingerprint density at radius 1 is 1.21 bits per heavy atom. The minimum absolute atomic E-state index is 0.116. The van der Waals surface area contributed by atoms with Gasteiger partial charge in [0, 0.05) is 12.2 Å². The van der Waals surface area contributed by atoms with E-state index in [-0.39, 0.29) is 11.5 Å². The molecule has 0 fully saturated rings. The maximum Gasteiger partial charge on any atom is 0.338 e. The molecule has 3 rings (SSSR count). The molecule has 1 aromatic carbocycles. The average Bonchev–Trinajstić information content (AvgIpc) is 3.05. The first-order valence-corrected chi connectivity index (χ1v) is 10.3. The van der Waals surface area contributed by atoms with E-state index in [4.69, 9.17) is 4.74 Å². The average molecular weight is 413 g/mol. The van der Waals surface area contributed by atoms with Crippen molar-refractivity contribution < 1.29 is 14.3 Å². The van der Waals surface area contributed by atoms with E-state index in [1.54, 1.807) is 49.0 Å². The fourth-order valence-corrected chi connectivity index (χ4v) is 3.99. The second-order valence-electron chi connectivity index (χ2n) is 6.58. The number of amides is 1. The Morgan fingerprint density at radius 2 is 1.93 bits per heavy atom. The summed E-state index contributed by atoms with van der Waals surface area (Å²) in [6.07, 6.45) is 3.42. The number of carbonyl (C=O) groups is 2. The lowest BCUT2D eigenvalue weighted by molar-refractivity contribution is 0.0526. The van der Waals surface area contributed by atoms with Crippen molar-refractivity contribution in [2.75, 3.05) is 11.9 Å². The van der Waals surface area contributed by atoms with Crippen LogP contribution < -0.4 is 10.9 Å². The number of esters is 1. The lowest BCUT2D eigenvalue weighted by Gasteiger charge is -2.06. The minimum atomic E-state index is -0.406. The van der Waals surface area contributed by atoms with Gasteiger partial charge in [-0.25, -0.2) is 9.78 Å². The van der Waals surface area contributed by atoms with Gasteiger partial charge in [0.2, 0.25) is 0 Å². The molecular weight excluding hydrogens is 390 g/mol. The fourth-order valence-electron chi connectivity index (χ4n) is 2.96. The van der Waals surface area contributed by atoms with E-state index >= 15 is 0 Å². The van der Waals surface area contributed by atoms with Crippen LogP contribution in [0.3, 0.4) is 0 Å². The summed E-state index contributed by atoms with van der Waals surface area (Å²) >= 11 is 1.20. The van der Waals surface area contributed by atoms with Crippen LogP contribution in [0.5, 0.6) is 0 Å². The second-order valence-corrected chi connectivity index (χ2v) is 7.58. The molecule has 0 aliphatic rings. The molecule has 0 saturated heterocycles. The maximum atomic E-state index is 12.8. The first kappa shape index (κ1) is 20.7. The van der Waals surface area contributed by atoms with Crippen molar-refractivity contribution >= 4 is 39.1 Å². The number of unbranched alkanes of at least 4 members (excludes halogenated alkanes) is 1. The van der Waals surface area contributed by atoms with Gasteiger partial charge in [-0.3, -0.25) is 14.2 Å². The molecule has 0 radical (unpaired) electrons. The van der Waals surface area contributed by atoms with Crippen molar-refractivity contribution in [1.82, 2.24) is 9.55 Å². The van der Waals surface area contributed by atoms with Crippen LogP contribution in [0.25, 0.3) is 10.2 Å². The molecule has 1 N–H and O–H groups in total. The molecule has 0 atom stereocenters. The number of hydrogen-bond acceptors (Lipinski definition) is 6. The van der Waals surface area contributed by atoms with Gasteiger partial charge in [0.05, 0.1) is 28.8 Å². The zero-order valence-electron chi connectivity index (χ0n) is 16.7. The molecule has 0 spiro atoms. The Morgan fingerprint density at radius 3 is 2.59 bits per heavy atom. The summed E-state index contributed by atoms with van der Waals surface area (Å²) in [6, 6.07) is 6.48.